The van der Waals surface area contributed by atoms with Crippen molar-refractivity contribution in [3.05, 3.63) is 51.1 Å². The number of carbonyl (C=O) groups is 1. The normalized spacial score (nSPS) is 12.8. The molecule has 2 aromatic rings. The van der Waals surface area contributed by atoms with Crippen LogP contribution >= 0.6 is 27.3 Å². The van der Waals surface area contributed by atoms with Gasteiger partial charge in [0.2, 0.25) is 15.9 Å². The van der Waals surface area contributed by atoms with Crippen LogP contribution in [0, 0.1) is 0 Å². The molecule has 1 heterocycles. The number of hydrogen-bond donors (Lipinski definition) is 1. The van der Waals surface area contributed by atoms with Crippen LogP contribution in [0.5, 0.6) is 0 Å². The fraction of sp³-hybridized carbons (Fsp3) is 0.267. The van der Waals surface area contributed by atoms with Crippen molar-refractivity contribution in [2.75, 3.05) is 7.05 Å². The van der Waals surface area contributed by atoms with E-state index in [1.807, 2.05) is 12.1 Å². The smallest absolute Gasteiger partial charge is 0.241 e. The van der Waals surface area contributed by atoms with E-state index in [0.29, 0.717) is 6.54 Å². The van der Waals surface area contributed by atoms with E-state index >= 15 is 0 Å². The predicted molar refractivity (Wildman–Crippen MR) is 94.7 cm³/mol. The molecular formula is C15H17BrN2O3S2. The second-order valence-corrected chi connectivity index (χ2v) is 9.32. The highest BCUT2D eigenvalue weighted by Crippen LogP contribution is 2.23. The van der Waals surface area contributed by atoms with Crippen molar-refractivity contribution < 1.29 is 13.2 Å². The molecule has 0 unspecified atom stereocenters. The Kier molecular flexibility index (Phi) is 5.96. The van der Waals surface area contributed by atoms with E-state index in [4.69, 9.17) is 0 Å². The molecule has 0 bridgehead atoms. The summed E-state index contributed by atoms with van der Waals surface area (Å²) in [5.74, 6) is -0.283. The lowest BCUT2D eigenvalue weighted by atomic mass is 10.3. The number of nitrogens with zero attached hydrogens (tertiary/aromatic N) is 1. The molecule has 0 radical (unpaired) electrons. The van der Waals surface area contributed by atoms with Crippen LogP contribution < -0.4 is 4.72 Å². The lowest BCUT2D eigenvalue weighted by Crippen LogP contribution is -2.45. The molecule has 0 saturated carbocycles. The highest BCUT2D eigenvalue weighted by molar-refractivity contribution is 9.11. The monoisotopic (exact) mass is 416 g/mol. The average Bonchev–Trinajstić information content (AvgIpc) is 2.92. The topological polar surface area (TPSA) is 66.5 Å². The summed E-state index contributed by atoms with van der Waals surface area (Å²) in [6.07, 6.45) is 0. The summed E-state index contributed by atoms with van der Waals surface area (Å²) in [4.78, 5) is 15.0. The first kappa shape index (κ1) is 18.1. The zero-order valence-electron chi connectivity index (χ0n) is 12.7. The molecule has 0 aliphatic heterocycles. The van der Waals surface area contributed by atoms with Crippen molar-refractivity contribution in [2.45, 2.75) is 24.4 Å². The molecule has 1 aromatic carbocycles. The molecule has 5 nitrogen and oxygen atoms in total. The Morgan fingerprint density at radius 2 is 1.91 bits per heavy atom. The molecule has 124 valence electrons. The number of nitrogens with one attached hydrogen (secondary N) is 1. The highest BCUT2D eigenvalue weighted by Gasteiger charge is 2.24. The third kappa shape index (κ3) is 4.87. The van der Waals surface area contributed by atoms with E-state index in [1.54, 1.807) is 32.2 Å². The van der Waals surface area contributed by atoms with E-state index in [-0.39, 0.29) is 10.8 Å². The summed E-state index contributed by atoms with van der Waals surface area (Å²) in [5, 5.41) is 0. The Morgan fingerprint density at radius 3 is 2.48 bits per heavy atom. The van der Waals surface area contributed by atoms with Crippen LogP contribution in [0.15, 0.2) is 51.1 Å². The van der Waals surface area contributed by atoms with Gasteiger partial charge in [-0.3, -0.25) is 4.79 Å². The summed E-state index contributed by atoms with van der Waals surface area (Å²) in [6.45, 7) is 1.98. The first-order valence-electron chi connectivity index (χ1n) is 6.86. The Hall–Kier alpha value is -1.22. The molecule has 1 aromatic heterocycles. The molecule has 2 rings (SSSR count). The molecule has 0 aliphatic rings. The van der Waals surface area contributed by atoms with Gasteiger partial charge < -0.3 is 4.90 Å². The maximum absolute atomic E-state index is 12.4. The quantitative estimate of drug-likeness (QED) is 0.786. The van der Waals surface area contributed by atoms with Crippen molar-refractivity contribution in [1.29, 1.82) is 0 Å². The molecule has 1 atom stereocenters. The molecule has 0 aliphatic carbocycles. The summed E-state index contributed by atoms with van der Waals surface area (Å²) in [6, 6.07) is 11.0. The predicted octanol–water partition coefficient (Wildman–Crippen LogP) is 2.84. The lowest BCUT2D eigenvalue weighted by molar-refractivity contribution is -0.131. The number of benzene rings is 1. The number of thiophene rings is 1. The van der Waals surface area contributed by atoms with Crippen LogP contribution in [0.1, 0.15) is 11.8 Å². The number of halogens is 1. The SMILES string of the molecule is C[C@H](NS(=O)(=O)c1ccccc1)C(=O)N(C)Cc1ccc(Br)s1. The Morgan fingerprint density at radius 1 is 1.26 bits per heavy atom. The second-order valence-electron chi connectivity index (χ2n) is 5.06. The molecule has 0 spiro atoms. The minimum atomic E-state index is -3.71. The fourth-order valence-corrected chi connectivity index (χ4v) is 4.78. The average molecular weight is 417 g/mol. The van der Waals surface area contributed by atoms with Crippen molar-refractivity contribution in [2.24, 2.45) is 0 Å². The third-order valence-electron chi connectivity index (χ3n) is 3.15. The van der Waals surface area contributed by atoms with Gasteiger partial charge in [-0.1, -0.05) is 18.2 Å². The number of carbonyl (C=O) groups excluding carboxylic acids is 1. The van der Waals surface area contributed by atoms with Crippen LogP contribution in [0.2, 0.25) is 0 Å². The lowest BCUT2D eigenvalue weighted by Gasteiger charge is -2.21. The van der Waals surface area contributed by atoms with E-state index in [1.165, 1.54) is 28.4 Å². The first-order valence-corrected chi connectivity index (χ1v) is 9.95. The standard InChI is InChI=1S/C15H17BrN2O3S2/c1-11(17-23(20,21)13-6-4-3-5-7-13)15(19)18(2)10-12-8-9-14(16)22-12/h3-9,11,17H,10H2,1-2H3/t11-/m0/s1. The maximum Gasteiger partial charge on any atom is 0.241 e. The Bertz CT molecular complexity index is 775. The summed E-state index contributed by atoms with van der Waals surface area (Å²) in [7, 11) is -2.05. The van der Waals surface area contributed by atoms with E-state index in [2.05, 4.69) is 20.7 Å². The van der Waals surface area contributed by atoms with Crippen molar-refractivity contribution in [3.8, 4) is 0 Å². The van der Waals surface area contributed by atoms with Gasteiger partial charge in [0.15, 0.2) is 0 Å². The highest BCUT2D eigenvalue weighted by atomic mass is 79.9. The molecule has 0 fully saturated rings. The van der Waals surface area contributed by atoms with Gasteiger partial charge in [-0.05, 0) is 47.1 Å². The van der Waals surface area contributed by atoms with Crippen LogP contribution in [-0.4, -0.2) is 32.3 Å². The third-order valence-corrected chi connectivity index (χ3v) is 6.32. The Labute approximate surface area is 148 Å². The number of sulfonamides is 1. The summed E-state index contributed by atoms with van der Waals surface area (Å²) >= 11 is 4.92. The van der Waals surface area contributed by atoms with Gasteiger partial charge in [-0.15, -0.1) is 11.3 Å². The number of rotatable bonds is 6. The number of hydrogen-bond acceptors (Lipinski definition) is 4. The zero-order chi connectivity index (χ0) is 17.0. The number of amides is 1. The summed E-state index contributed by atoms with van der Waals surface area (Å²) < 4.78 is 27.9. The fourth-order valence-electron chi connectivity index (χ4n) is 2.03. The van der Waals surface area contributed by atoms with Crippen LogP contribution in [0.4, 0.5) is 0 Å². The van der Waals surface area contributed by atoms with Crippen LogP contribution in [0.25, 0.3) is 0 Å². The van der Waals surface area contributed by atoms with Crippen molar-refractivity contribution in [1.82, 2.24) is 9.62 Å². The Balaban J connectivity index is 2.02. The molecule has 1 amide bonds. The molecule has 0 saturated heterocycles. The van der Waals surface area contributed by atoms with Crippen LogP contribution in [-0.2, 0) is 21.4 Å². The van der Waals surface area contributed by atoms with Gasteiger partial charge >= 0.3 is 0 Å². The van der Waals surface area contributed by atoms with E-state index in [0.717, 1.165) is 8.66 Å². The van der Waals surface area contributed by atoms with Crippen molar-refractivity contribution in [3.63, 3.8) is 0 Å². The van der Waals surface area contributed by atoms with Gasteiger partial charge in [-0.2, -0.15) is 4.72 Å². The minimum absolute atomic E-state index is 0.143. The van der Waals surface area contributed by atoms with Gasteiger partial charge in [0.1, 0.15) is 0 Å². The summed E-state index contributed by atoms with van der Waals surface area (Å²) in [5.41, 5.74) is 0. The van der Waals surface area contributed by atoms with E-state index in [9.17, 15) is 13.2 Å². The van der Waals surface area contributed by atoms with Gasteiger partial charge in [-0.25, -0.2) is 8.42 Å². The largest absolute Gasteiger partial charge is 0.339 e. The second kappa shape index (κ2) is 7.57. The maximum atomic E-state index is 12.4. The molecule has 8 heteroatoms. The van der Waals surface area contributed by atoms with E-state index < -0.39 is 16.1 Å². The van der Waals surface area contributed by atoms with Crippen LogP contribution in [0.3, 0.4) is 0 Å². The zero-order valence-corrected chi connectivity index (χ0v) is 15.9. The van der Waals surface area contributed by atoms with Gasteiger partial charge in [0.05, 0.1) is 21.3 Å². The minimum Gasteiger partial charge on any atom is -0.339 e. The van der Waals surface area contributed by atoms with Crippen molar-refractivity contribution >= 4 is 43.2 Å². The van der Waals surface area contributed by atoms with Gasteiger partial charge in [0, 0.05) is 11.9 Å². The first-order chi connectivity index (χ1) is 10.8. The molecular weight excluding hydrogens is 400 g/mol. The molecule has 1 N–H and O–H groups in total. The van der Waals surface area contributed by atoms with Gasteiger partial charge in [0.25, 0.3) is 0 Å². The molecule has 23 heavy (non-hydrogen) atoms. The number of likely N-dealkylation sites (N-methyl/N-ethyl adjacent to an activating group) is 1.